The summed E-state index contributed by atoms with van der Waals surface area (Å²) in [5, 5.41) is 0.576. The van der Waals surface area contributed by atoms with Crippen molar-refractivity contribution in [2.75, 3.05) is 5.73 Å². The average molecular weight is 250 g/mol. The Morgan fingerprint density at radius 1 is 1.29 bits per heavy atom. The Morgan fingerprint density at radius 2 is 2.12 bits per heavy atom. The lowest BCUT2D eigenvalue weighted by atomic mass is 10.3. The van der Waals surface area contributed by atoms with Crippen LogP contribution in [0.1, 0.15) is 12.6 Å². The van der Waals surface area contributed by atoms with E-state index in [4.69, 9.17) is 22.1 Å². The molecule has 0 atom stereocenters. The molecule has 1 aromatic carbocycles. The number of anilines is 1. The second kappa shape index (κ2) is 5.01. The van der Waals surface area contributed by atoms with Crippen LogP contribution < -0.4 is 10.5 Å². The van der Waals surface area contributed by atoms with Crippen molar-refractivity contribution < 1.29 is 4.74 Å². The van der Waals surface area contributed by atoms with Gasteiger partial charge in [-0.2, -0.15) is 0 Å². The zero-order chi connectivity index (χ0) is 12.3. The molecule has 0 spiro atoms. The molecule has 0 saturated heterocycles. The van der Waals surface area contributed by atoms with Gasteiger partial charge in [0.1, 0.15) is 6.33 Å². The van der Waals surface area contributed by atoms with Crippen molar-refractivity contribution in [3.05, 3.63) is 41.3 Å². The molecule has 0 saturated carbocycles. The molecule has 2 N–H and O–H groups in total. The molecule has 0 aliphatic heterocycles. The first-order valence-electron chi connectivity index (χ1n) is 5.23. The molecule has 4 nitrogen and oxygen atoms in total. The molecule has 0 aliphatic rings. The Kier molecular flexibility index (Phi) is 3.44. The Labute approximate surface area is 104 Å². The van der Waals surface area contributed by atoms with Gasteiger partial charge in [0.25, 0.3) is 0 Å². The Hall–Kier alpha value is -1.81. The van der Waals surface area contributed by atoms with Gasteiger partial charge in [-0.25, -0.2) is 9.97 Å². The lowest BCUT2D eigenvalue weighted by Crippen LogP contribution is -1.95. The number of nitrogens with two attached hydrogens (primary N) is 1. The van der Waals surface area contributed by atoms with Crippen molar-refractivity contribution in [1.29, 1.82) is 0 Å². The van der Waals surface area contributed by atoms with E-state index in [1.54, 1.807) is 24.3 Å². The predicted octanol–water partition coefficient (Wildman–Crippen LogP) is 3.07. The van der Waals surface area contributed by atoms with Gasteiger partial charge < -0.3 is 10.5 Å². The molecule has 5 heteroatoms. The van der Waals surface area contributed by atoms with Crippen molar-refractivity contribution in [2.24, 2.45) is 0 Å². The summed E-state index contributed by atoms with van der Waals surface area (Å²) in [4.78, 5) is 8.12. The average Bonchev–Trinajstić information content (AvgIpc) is 2.33. The Morgan fingerprint density at radius 3 is 2.82 bits per heavy atom. The van der Waals surface area contributed by atoms with Crippen LogP contribution in [-0.2, 0) is 6.42 Å². The highest BCUT2D eigenvalue weighted by molar-refractivity contribution is 6.30. The van der Waals surface area contributed by atoms with Crippen LogP contribution in [0.2, 0.25) is 5.02 Å². The fraction of sp³-hybridized carbons (Fsp3) is 0.167. The molecule has 0 bridgehead atoms. The maximum Gasteiger partial charge on any atom is 0.222 e. The van der Waals surface area contributed by atoms with Crippen LogP contribution in [0.25, 0.3) is 0 Å². The molecule has 2 rings (SSSR count). The van der Waals surface area contributed by atoms with Crippen LogP contribution in [-0.4, -0.2) is 9.97 Å². The van der Waals surface area contributed by atoms with Crippen LogP contribution in [0.4, 0.5) is 5.69 Å². The maximum atomic E-state index is 5.81. The van der Waals surface area contributed by atoms with Crippen LogP contribution >= 0.6 is 11.6 Å². The lowest BCUT2D eigenvalue weighted by Gasteiger charge is -2.08. The number of halogens is 1. The van der Waals surface area contributed by atoms with Crippen LogP contribution in [0.15, 0.2) is 30.6 Å². The van der Waals surface area contributed by atoms with Gasteiger partial charge in [-0.05, 0) is 24.6 Å². The van der Waals surface area contributed by atoms with Gasteiger partial charge >= 0.3 is 0 Å². The van der Waals surface area contributed by atoms with Crippen molar-refractivity contribution >= 4 is 17.3 Å². The molecule has 0 aliphatic carbocycles. The summed E-state index contributed by atoms with van der Waals surface area (Å²) in [7, 11) is 0. The third kappa shape index (κ3) is 2.85. The maximum absolute atomic E-state index is 5.81. The van der Waals surface area contributed by atoms with E-state index in [0.29, 0.717) is 22.3 Å². The van der Waals surface area contributed by atoms with Crippen LogP contribution in [0.3, 0.4) is 0 Å². The van der Waals surface area contributed by atoms with E-state index >= 15 is 0 Å². The van der Waals surface area contributed by atoms with Crippen molar-refractivity contribution in [3.8, 4) is 11.6 Å². The van der Waals surface area contributed by atoms with E-state index < -0.39 is 0 Å². The number of nitrogens with zero attached hydrogens (tertiary/aromatic N) is 2. The first kappa shape index (κ1) is 11.7. The largest absolute Gasteiger partial charge is 0.437 e. The van der Waals surface area contributed by atoms with E-state index in [2.05, 4.69) is 9.97 Å². The molecule has 1 aromatic heterocycles. The van der Waals surface area contributed by atoms with E-state index in [1.165, 1.54) is 6.33 Å². The fourth-order valence-electron chi connectivity index (χ4n) is 1.35. The van der Waals surface area contributed by atoms with Gasteiger partial charge in [0.05, 0.1) is 5.69 Å². The Balaban J connectivity index is 2.25. The number of aryl methyl sites for hydroxylation is 1. The minimum absolute atomic E-state index is 0.478. The molecule has 0 unspecified atom stereocenters. The zero-order valence-electron chi connectivity index (χ0n) is 9.35. The molecule has 17 heavy (non-hydrogen) atoms. The predicted molar refractivity (Wildman–Crippen MR) is 67.3 cm³/mol. The minimum Gasteiger partial charge on any atom is -0.437 e. The highest BCUT2D eigenvalue weighted by Crippen LogP contribution is 2.28. The first-order chi connectivity index (χ1) is 8.19. The van der Waals surface area contributed by atoms with E-state index in [1.807, 2.05) is 6.92 Å². The van der Waals surface area contributed by atoms with Gasteiger partial charge in [0, 0.05) is 16.8 Å². The summed E-state index contributed by atoms with van der Waals surface area (Å²) in [6.07, 6.45) is 2.30. The van der Waals surface area contributed by atoms with Crippen molar-refractivity contribution in [1.82, 2.24) is 9.97 Å². The number of aromatic nitrogens is 2. The summed E-state index contributed by atoms with van der Waals surface area (Å²) in [5.41, 5.74) is 7.19. The second-order valence-corrected chi connectivity index (χ2v) is 3.92. The standard InChI is InChI=1S/C12H12ClN3O/c1-2-9-6-12(16-7-15-9)17-11-4-3-8(13)5-10(11)14/h3-7H,2,14H2,1H3. The number of rotatable bonds is 3. The van der Waals surface area contributed by atoms with E-state index in [0.717, 1.165) is 12.1 Å². The topological polar surface area (TPSA) is 61.0 Å². The number of benzene rings is 1. The summed E-state index contributed by atoms with van der Waals surface area (Å²) in [6, 6.07) is 6.85. The number of hydrogen-bond donors (Lipinski definition) is 1. The molecular weight excluding hydrogens is 238 g/mol. The molecule has 0 radical (unpaired) electrons. The van der Waals surface area contributed by atoms with Gasteiger partial charge in [-0.15, -0.1) is 0 Å². The van der Waals surface area contributed by atoms with Crippen molar-refractivity contribution in [3.63, 3.8) is 0 Å². The highest BCUT2D eigenvalue weighted by atomic mass is 35.5. The lowest BCUT2D eigenvalue weighted by molar-refractivity contribution is 0.462. The molecule has 0 fully saturated rings. The summed E-state index contributed by atoms with van der Waals surface area (Å²) in [6.45, 7) is 2.02. The van der Waals surface area contributed by atoms with Crippen LogP contribution in [0.5, 0.6) is 11.6 Å². The minimum atomic E-state index is 0.478. The summed E-state index contributed by atoms with van der Waals surface area (Å²) in [5.74, 6) is 1.01. The van der Waals surface area contributed by atoms with E-state index in [-0.39, 0.29) is 0 Å². The number of hydrogen-bond acceptors (Lipinski definition) is 4. The highest BCUT2D eigenvalue weighted by Gasteiger charge is 2.04. The smallest absolute Gasteiger partial charge is 0.222 e. The number of nitrogen functional groups attached to an aromatic ring is 1. The fourth-order valence-corrected chi connectivity index (χ4v) is 1.53. The van der Waals surface area contributed by atoms with Gasteiger partial charge in [0.15, 0.2) is 5.75 Å². The molecule has 0 amide bonds. The van der Waals surface area contributed by atoms with Crippen LogP contribution in [0, 0.1) is 0 Å². The second-order valence-electron chi connectivity index (χ2n) is 3.49. The monoisotopic (exact) mass is 249 g/mol. The first-order valence-corrected chi connectivity index (χ1v) is 5.60. The van der Waals surface area contributed by atoms with Gasteiger partial charge in [-0.3, -0.25) is 0 Å². The van der Waals surface area contributed by atoms with Crippen molar-refractivity contribution in [2.45, 2.75) is 13.3 Å². The third-order valence-electron chi connectivity index (χ3n) is 2.25. The third-order valence-corrected chi connectivity index (χ3v) is 2.48. The molecular formula is C12H12ClN3O. The number of ether oxygens (including phenoxy) is 1. The summed E-state index contributed by atoms with van der Waals surface area (Å²) < 4.78 is 5.57. The molecule has 1 heterocycles. The zero-order valence-corrected chi connectivity index (χ0v) is 10.1. The quantitative estimate of drug-likeness (QED) is 0.850. The normalized spacial score (nSPS) is 10.2. The van der Waals surface area contributed by atoms with Gasteiger partial charge in [0.2, 0.25) is 5.88 Å². The SMILES string of the molecule is CCc1cc(Oc2ccc(Cl)cc2N)ncn1. The van der Waals surface area contributed by atoms with E-state index in [9.17, 15) is 0 Å². The Bertz CT molecular complexity index is 531. The summed E-state index contributed by atoms with van der Waals surface area (Å²) >= 11 is 5.81. The van der Waals surface area contributed by atoms with Gasteiger partial charge in [-0.1, -0.05) is 18.5 Å². The molecule has 88 valence electrons. The molecule has 2 aromatic rings.